The average Bonchev–Trinajstić information content (AvgIpc) is 2.67. The Hall–Kier alpha value is -3.74. The molecule has 2 aromatic carbocycles. The minimum absolute atomic E-state index is 0.184. The van der Waals surface area contributed by atoms with Crippen molar-refractivity contribution in [2.75, 3.05) is 5.32 Å². The molecule has 0 aliphatic carbocycles. The van der Waals surface area contributed by atoms with E-state index in [0.29, 0.717) is 16.8 Å². The van der Waals surface area contributed by atoms with Crippen LogP contribution in [0, 0.1) is 0 Å². The van der Waals surface area contributed by atoms with E-state index in [2.05, 4.69) is 15.3 Å². The smallest absolute Gasteiger partial charge is 0.412 e. The van der Waals surface area contributed by atoms with E-state index in [1.165, 1.54) is 6.20 Å². The molecule has 0 unspecified atom stereocenters. The monoisotopic (exact) mass is 389 g/mol. The molecule has 0 atom stereocenters. The molecule has 146 valence electrons. The van der Waals surface area contributed by atoms with E-state index in [-0.39, 0.29) is 11.4 Å². The van der Waals surface area contributed by atoms with Crippen molar-refractivity contribution < 1.29 is 13.9 Å². The summed E-state index contributed by atoms with van der Waals surface area (Å²) in [4.78, 5) is 33.0. The Bertz CT molecular complexity index is 1290. The van der Waals surface area contributed by atoms with E-state index < -0.39 is 17.3 Å². The SMILES string of the molecule is CC(C)(C)OC(=O)Nc1ccc(-c2nc3cccnc3c(=O)o2)c2ccccc12. The molecular formula is C22H19N3O4. The molecule has 7 heteroatoms. The van der Waals surface area contributed by atoms with Crippen molar-refractivity contribution in [2.24, 2.45) is 0 Å². The van der Waals surface area contributed by atoms with Crippen LogP contribution in [-0.2, 0) is 4.74 Å². The van der Waals surface area contributed by atoms with Crippen molar-refractivity contribution >= 4 is 33.6 Å². The lowest BCUT2D eigenvalue weighted by Crippen LogP contribution is -2.27. The minimum Gasteiger partial charge on any atom is -0.444 e. The highest BCUT2D eigenvalue weighted by Gasteiger charge is 2.18. The first kappa shape index (κ1) is 18.6. The van der Waals surface area contributed by atoms with E-state index in [0.717, 1.165) is 10.8 Å². The number of aromatic nitrogens is 2. The van der Waals surface area contributed by atoms with Gasteiger partial charge in [-0.15, -0.1) is 0 Å². The second-order valence-corrected chi connectivity index (χ2v) is 7.51. The predicted octanol–water partition coefficient (Wildman–Crippen LogP) is 4.75. The maximum Gasteiger partial charge on any atom is 0.412 e. The Labute approximate surface area is 166 Å². The van der Waals surface area contributed by atoms with Gasteiger partial charge in [0, 0.05) is 17.1 Å². The van der Waals surface area contributed by atoms with Crippen LogP contribution < -0.4 is 10.9 Å². The van der Waals surface area contributed by atoms with Crippen LogP contribution in [-0.4, -0.2) is 21.7 Å². The average molecular weight is 389 g/mol. The quantitative estimate of drug-likeness (QED) is 0.532. The second-order valence-electron chi connectivity index (χ2n) is 7.51. The number of benzene rings is 2. The minimum atomic E-state index is -0.605. The Morgan fingerprint density at radius 3 is 2.55 bits per heavy atom. The van der Waals surface area contributed by atoms with Gasteiger partial charge in [0.15, 0.2) is 5.52 Å². The molecule has 0 saturated heterocycles. The summed E-state index contributed by atoms with van der Waals surface area (Å²) in [5.74, 6) is 0.190. The number of hydrogen-bond acceptors (Lipinski definition) is 6. The molecule has 0 radical (unpaired) electrons. The van der Waals surface area contributed by atoms with E-state index >= 15 is 0 Å². The van der Waals surface area contributed by atoms with Gasteiger partial charge in [-0.05, 0) is 50.4 Å². The van der Waals surface area contributed by atoms with Crippen LogP contribution in [0.1, 0.15) is 20.8 Å². The summed E-state index contributed by atoms with van der Waals surface area (Å²) in [5.41, 5.74) is 0.710. The van der Waals surface area contributed by atoms with Crippen LogP contribution in [0.3, 0.4) is 0 Å². The third-order valence-corrected chi connectivity index (χ3v) is 4.18. The second kappa shape index (κ2) is 7.01. The summed E-state index contributed by atoms with van der Waals surface area (Å²) in [6, 6.07) is 14.4. The first-order valence-corrected chi connectivity index (χ1v) is 9.10. The lowest BCUT2D eigenvalue weighted by atomic mass is 10.0. The molecule has 0 aliphatic rings. The number of nitrogens with zero attached hydrogens (tertiary/aromatic N) is 2. The van der Waals surface area contributed by atoms with Gasteiger partial charge in [-0.3, -0.25) is 5.32 Å². The van der Waals surface area contributed by atoms with Gasteiger partial charge in [0.25, 0.3) is 0 Å². The number of hydrogen-bond donors (Lipinski definition) is 1. The molecule has 2 aromatic heterocycles. The Balaban J connectivity index is 1.82. The zero-order valence-corrected chi connectivity index (χ0v) is 16.2. The number of rotatable bonds is 2. The molecule has 7 nitrogen and oxygen atoms in total. The zero-order valence-electron chi connectivity index (χ0n) is 16.2. The number of carbonyl (C=O) groups excluding carboxylic acids is 1. The van der Waals surface area contributed by atoms with Crippen LogP contribution in [0.4, 0.5) is 10.5 Å². The van der Waals surface area contributed by atoms with E-state index in [1.54, 1.807) is 45.0 Å². The van der Waals surface area contributed by atoms with Gasteiger partial charge < -0.3 is 9.15 Å². The molecule has 1 N–H and O–H groups in total. The number of pyridine rings is 1. The third-order valence-electron chi connectivity index (χ3n) is 4.18. The summed E-state index contributed by atoms with van der Waals surface area (Å²) in [6.07, 6.45) is 0.976. The van der Waals surface area contributed by atoms with Crippen LogP contribution in [0.25, 0.3) is 33.3 Å². The number of fused-ring (bicyclic) bond motifs is 2. The molecule has 0 spiro atoms. The van der Waals surface area contributed by atoms with Crippen molar-refractivity contribution in [1.82, 2.24) is 9.97 Å². The molecule has 0 bridgehead atoms. The van der Waals surface area contributed by atoms with Gasteiger partial charge in [0.2, 0.25) is 5.89 Å². The lowest BCUT2D eigenvalue weighted by molar-refractivity contribution is 0.0636. The van der Waals surface area contributed by atoms with Crippen LogP contribution in [0.2, 0.25) is 0 Å². The van der Waals surface area contributed by atoms with Crippen molar-refractivity contribution in [2.45, 2.75) is 26.4 Å². The summed E-state index contributed by atoms with van der Waals surface area (Å²) in [7, 11) is 0. The van der Waals surface area contributed by atoms with Gasteiger partial charge in [0.05, 0.1) is 5.69 Å². The van der Waals surface area contributed by atoms with Crippen LogP contribution in [0.5, 0.6) is 0 Å². The molecule has 2 heterocycles. The first-order valence-electron chi connectivity index (χ1n) is 9.10. The van der Waals surface area contributed by atoms with E-state index in [4.69, 9.17) is 9.15 Å². The predicted molar refractivity (Wildman–Crippen MR) is 111 cm³/mol. The molecule has 0 fully saturated rings. The summed E-state index contributed by atoms with van der Waals surface area (Å²) < 4.78 is 10.8. The molecule has 0 aliphatic heterocycles. The maximum absolute atomic E-state index is 12.3. The molecular weight excluding hydrogens is 370 g/mol. The third kappa shape index (κ3) is 3.80. The van der Waals surface area contributed by atoms with Gasteiger partial charge >= 0.3 is 11.7 Å². The molecule has 4 aromatic rings. The first-order chi connectivity index (χ1) is 13.8. The molecule has 29 heavy (non-hydrogen) atoms. The Kier molecular flexibility index (Phi) is 4.50. The number of nitrogens with one attached hydrogen (secondary N) is 1. The van der Waals surface area contributed by atoms with E-state index in [1.807, 2.05) is 24.3 Å². The highest BCUT2D eigenvalue weighted by Crippen LogP contribution is 2.32. The standard InChI is InChI=1S/C22H19N3O4/c1-22(2,3)29-21(27)25-16-11-10-15(13-7-4-5-8-14(13)16)19-24-17-9-6-12-23-18(17)20(26)28-19/h4-12H,1-3H3,(H,25,27). The normalized spacial score (nSPS) is 11.6. The van der Waals surface area contributed by atoms with Gasteiger partial charge in [-0.1, -0.05) is 24.3 Å². The topological polar surface area (TPSA) is 94.3 Å². The largest absolute Gasteiger partial charge is 0.444 e. The number of carbonyl (C=O) groups is 1. The summed E-state index contributed by atoms with van der Waals surface area (Å²) in [5, 5.41) is 4.32. The van der Waals surface area contributed by atoms with Crippen molar-refractivity contribution in [1.29, 1.82) is 0 Å². The highest BCUT2D eigenvalue weighted by molar-refractivity contribution is 6.05. The summed E-state index contributed by atoms with van der Waals surface area (Å²) in [6.45, 7) is 5.40. The maximum atomic E-state index is 12.3. The van der Waals surface area contributed by atoms with Gasteiger partial charge in [-0.25, -0.2) is 19.6 Å². The van der Waals surface area contributed by atoms with Gasteiger partial charge in [0.1, 0.15) is 11.1 Å². The molecule has 4 rings (SSSR count). The Morgan fingerprint density at radius 2 is 1.79 bits per heavy atom. The molecule has 0 saturated carbocycles. The van der Waals surface area contributed by atoms with Crippen molar-refractivity contribution in [3.63, 3.8) is 0 Å². The van der Waals surface area contributed by atoms with Crippen molar-refractivity contribution in [3.8, 4) is 11.5 Å². The number of ether oxygens (including phenoxy) is 1. The Morgan fingerprint density at radius 1 is 1.03 bits per heavy atom. The summed E-state index contributed by atoms with van der Waals surface area (Å²) >= 11 is 0. The fourth-order valence-electron chi connectivity index (χ4n) is 3.04. The number of amides is 1. The number of anilines is 1. The zero-order chi connectivity index (χ0) is 20.6. The highest BCUT2D eigenvalue weighted by atomic mass is 16.6. The van der Waals surface area contributed by atoms with Crippen LogP contribution >= 0.6 is 0 Å². The fraction of sp³-hybridized carbons (Fsp3) is 0.182. The fourth-order valence-corrected chi connectivity index (χ4v) is 3.04. The lowest BCUT2D eigenvalue weighted by Gasteiger charge is -2.20. The van der Waals surface area contributed by atoms with Crippen molar-refractivity contribution in [3.05, 3.63) is 65.1 Å². The van der Waals surface area contributed by atoms with E-state index in [9.17, 15) is 9.59 Å². The molecule has 1 amide bonds. The van der Waals surface area contributed by atoms with Crippen LogP contribution in [0.15, 0.2) is 63.9 Å². The van der Waals surface area contributed by atoms with Gasteiger partial charge in [-0.2, -0.15) is 0 Å².